The minimum atomic E-state index is -0.972. The Morgan fingerprint density at radius 1 is 1.03 bits per heavy atom. The Bertz CT molecular complexity index is 1370. The summed E-state index contributed by atoms with van der Waals surface area (Å²) in [7, 11) is 0. The molecule has 0 bridgehead atoms. The summed E-state index contributed by atoms with van der Waals surface area (Å²) in [5, 5.41) is 28.9. The van der Waals surface area contributed by atoms with Crippen molar-refractivity contribution in [3.63, 3.8) is 0 Å². The molecule has 5 rings (SSSR count). The van der Waals surface area contributed by atoms with E-state index in [2.05, 4.69) is 11.4 Å². The lowest BCUT2D eigenvalue weighted by Gasteiger charge is -2.50. The second-order valence-electron chi connectivity index (χ2n) is 10.4. The van der Waals surface area contributed by atoms with Gasteiger partial charge in [-0.3, -0.25) is 0 Å². The Morgan fingerprint density at radius 3 is 2.26 bits per heavy atom. The number of piperidine rings is 1. The lowest BCUT2D eigenvalue weighted by atomic mass is 9.79. The summed E-state index contributed by atoms with van der Waals surface area (Å²) in [6, 6.07) is 16.7. The van der Waals surface area contributed by atoms with Crippen LogP contribution in [0.2, 0.25) is 0 Å². The summed E-state index contributed by atoms with van der Waals surface area (Å²) in [5.74, 6) is -0.531. The number of hydrogen-bond donors (Lipinski definition) is 2. The number of rotatable bonds is 4. The first kappa shape index (κ1) is 22.4. The van der Waals surface area contributed by atoms with Crippen molar-refractivity contribution < 1.29 is 19.5 Å². The third-order valence-corrected chi connectivity index (χ3v) is 6.73. The number of carbonyl (C=O) groups is 1. The van der Waals surface area contributed by atoms with E-state index in [4.69, 9.17) is 14.5 Å². The van der Waals surface area contributed by atoms with Crippen LogP contribution in [-0.4, -0.2) is 38.2 Å². The van der Waals surface area contributed by atoms with Gasteiger partial charge in [0.1, 0.15) is 5.52 Å². The van der Waals surface area contributed by atoms with Crippen LogP contribution >= 0.6 is 0 Å². The number of anilines is 1. The highest BCUT2D eigenvalue weighted by Gasteiger charge is 2.46. The standard InChI is InChI=1S/C27H28N3O4/c1-26(2)14-18(15-27(3,4)30(26)33)28-21-13-22-23(20-8-6-5-7-19(20)21)29-24(34-22)16-9-11-17(12-10-16)25(31)32/h5-13,18,28H,14-15H2,1-4H3,(H,31,32). The first-order valence-electron chi connectivity index (χ1n) is 11.5. The number of fused-ring (bicyclic) bond motifs is 3. The monoisotopic (exact) mass is 458 g/mol. The maximum Gasteiger partial charge on any atom is 0.335 e. The van der Waals surface area contributed by atoms with Crippen LogP contribution in [-0.2, 0) is 5.21 Å². The van der Waals surface area contributed by atoms with Gasteiger partial charge < -0.3 is 14.8 Å². The molecular weight excluding hydrogens is 430 g/mol. The molecule has 1 aliphatic rings. The van der Waals surface area contributed by atoms with Crippen LogP contribution in [0.1, 0.15) is 50.9 Å². The van der Waals surface area contributed by atoms with Crippen molar-refractivity contribution in [2.75, 3.05) is 5.32 Å². The van der Waals surface area contributed by atoms with Crippen LogP contribution in [0.3, 0.4) is 0 Å². The van der Waals surface area contributed by atoms with Crippen LogP contribution in [0.4, 0.5) is 5.69 Å². The highest BCUT2D eigenvalue weighted by atomic mass is 16.5. The zero-order chi connectivity index (χ0) is 24.3. The van der Waals surface area contributed by atoms with E-state index in [0.717, 1.165) is 34.8 Å². The molecule has 1 aliphatic heterocycles. The molecule has 1 saturated heterocycles. The number of aromatic carboxylic acids is 1. The molecule has 1 aromatic heterocycles. The quantitative estimate of drug-likeness (QED) is 0.382. The number of aromatic nitrogens is 1. The number of carboxylic acid groups (broad SMARTS) is 1. The van der Waals surface area contributed by atoms with Gasteiger partial charge in [-0.15, -0.1) is 10.3 Å². The van der Waals surface area contributed by atoms with Crippen LogP contribution in [0, 0.1) is 0 Å². The molecule has 1 fully saturated rings. The van der Waals surface area contributed by atoms with Crippen LogP contribution in [0.25, 0.3) is 33.3 Å². The van der Waals surface area contributed by atoms with Crippen LogP contribution < -0.4 is 5.32 Å². The number of hydroxylamine groups is 2. The van der Waals surface area contributed by atoms with Gasteiger partial charge in [-0.2, -0.15) is 0 Å². The number of nitrogens with zero attached hydrogens (tertiary/aromatic N) is 2. The van der Waals surface area contributed by atoms with E-state index >= 15 is 0 Å². The maximum absolute atomic E-state index is 12.8. The van der Waals surface area contributed by atoms with E-state index in [9.17, 15) is 10.0 Å². The average molecular weight is 459 g/mol. The number of carboxylic acids is 1. The molecule has 1 radical (unpaired) electrons. The first-order chi connectivity index (χ1) is 16.0. The van der Waals surface area contributed by atoms with Gasteiger partial charge in [0.25, 0.3) is 0 Å². The Morgan fingerprint density at radius 2 is 1.65 bits per heavy atom. The fraction of sp³-hybridized carbons (Fsp3) is 0.333. The van der Waals surface area contributed by atoms with Gasteiger partial charge in [0, 0.05) is 45.2 Å². The Labute approximate surface area is 198 Å². The normalized spacial score (nSPS) is 18.4. The second kappa shape index (κ2) is 7.82. The summed E-state index contributed by atoms with van der Waals surface area (Å²) in [4.78, 5) is 15.9. The van der Waals surface area contributed by atoms with Crippen molar-refractivity contribution in [1.82, 2.24) is 10.0 Å². The van der Waals surface area contributed by atoms with Crippen molar-refractivity contribution in [3.05, 3.63) is 60.2 Å². The van der Waals surface area contributed by atoms with E-state index in [1.165, 1.54) is 5.06 Å². The molecule has 3 aromatic carbocycles. The van der Waals surface area contributed by atoms with Crippen LogP contribution in [0.15, 0.2) is 59.0 Å². The van der Waals surface area contributed by atoms with Crippen molar-refractivity contribution in [3.8, 4) is 11.5 Å². The molecule has 4 aromatic rings. The molecule has 175 valence electrons. The largest absolute Gasteiger partial charge is 0.478 e. The van der Waals surface area contributed by atoms with Crippen molar-refractivity contribution in [2.24, 2.45) is 0 Å². The molecule has 0 unspecified atom stereocenters. The van der Waals surface area contributed by atoms with Crippen molar-refractivity contribution in [2.45, 2.75) is 57.7 Å². The lowest BCUT2D eigenvalue weighted by Crippen LogP contribution is -2.60. The number of hydrogen-bond acceptors (Lipinski definition) is 5. The van der Waals surface area contributed by atoms with Crippen molar-refractivity contribution in [1.29, 1.82) is 0 Å². The first-order valence-corrected chi connectivity index (χ1v) is 11.5. The summed E-state index contributed by atoms with van der Waals surface area (Å²) in [6.45, 7) is 7.98. The lowest BCUT2D eigenvalue weighted by molar-refractivity contribution is -0.288. The molecule has 0 amide bonds. The van der Waals surface area contributed by atoms with Crippen LogP contribution in [0.5, 0.6) is 0 Å². The zero-order valence-corrected chi connectivity index (χ0v) is 19.8. The van der Waals surface area contributed by atoms with Gasteiger partial charge in [-0.25, -0.2) is 9.78 Å². The highest BCUT2D eigenvalue weighted by molar-refractivity contribution is 6.10. The summed E-state index contributed by atoms with van der Waals surface area (Å²) in [6.07, 6.45) is 1.45. The van der Waals surface area contributed by atoms with Gasteiger partial charge in [0.15, 0.2) is 5.58 Å². The fourth-order valence-electron chi connectivity index (χ4n) is 5.34. The van der Waals surface area contributed by atoms with E-state index in [1.807, 2.05) is 52.0 Å². The summed E-state index contributed by atoms with van der Waals surface area (Å²) < 4.78 is 6.13. The van der Waals surface area contributed by atoms with E-state index in [0.29, 0.717) is 17.0 Å². The molecule has 7 heteroatoms. The predicted octanol–water partition coefficient (Wildman–Crippen LogP) is 6.13. The highest BCUT2D eigenvalue weighted by Crippen LogP contribution is 2.40. The van der Waals surface area contributed by atoms with Gasteiger partial charge in [0.2, 0.25) is 5.89 Å². The molecular formula is C27H28N3O4. The minimum absolute atomic E-state index is 0.127. The SMILES string of the molecule is CC1(C)CC(Nc2cc3oc(-c4ccc(C(=O)O)cc4)nc3c3ccccc23)CC(C)(C)N1[O]. The van der Waals surface area contributed by atoms with Crippen molar-refractivity contribution >= 4 is 33.5 Å². The third kappa shape index (κ3) is 3.81. The minimum Gasteiger partial charge on any atom is -0.478 e. The summed E-state index contributed by atoms with van der Waals surface area (Å²) in [5.41, 5.74) is 2.34. The zero-order valence-electron chi connectivity index (χ0n) is 19.8. The van der Waals surface area contributed by atoms with E-state index < -0.39 is 17.0 Å². The van der Waals surface area contributed by atoms with E-state index in [1.54, 1.807) is 24.3 Å². The molecule has 0 saturated carbocycles. The summed E-state index contributed by atoms with van der Waals surface area (Å²) >= 11 is 0. The molecule has 0 aliphatic carbocycles. The number of oxazole rings is 1. The molecule has 7 nitrogen and oxygen atoms in total. The molecule has 0 atom stereocenters. The topological polar surface area (TPSA) is 98.5 Å². The average Bonchev–Trinajstić information content (AvgIpc) is 3.21. The van der Waals surface area contributed by atoms with Gasteiger partial charge in [-0.1, -0.05) is 24.3 Å². The maximum atomic E-state index is 12.8. The fourth-order valence-corrected chi connectivity index (χ4v) is 5.34. The number of benzene rings is 3. The Hall–Kier alpha value is -3.42. The Kier molecular flexibility index (Phi) is 5.15. The van der Waals surface area contributed by atoms with Gasteiger partial charge in [0.05, 0.1) is 5.56 Å². The predicted molar refractivity (Wildman–Crippen MR) is 131 cm³/mol. The molecule has 34 heavy (non-hydrogen) atoms. The molecule has 2 N–H and O–H groups in total. The van der Waals surface area contributed by atoms with Gasteiger partial charge >= 0.3 is 5.97 Å². The van der Waals surface area contributed by atoms with E-state index in [-0.39, 0.29) is 11.6 Å². The smallest absolute Gasteiger partial charge is 0.335 e. The van der Waals surface area contributed by atoms with Gasteiger partial charge in [-0.05, 0) is 64.8 Å². The Balaban J connectivity index is 1.56. The molecule has 0 spiro atoms. The second-order valence-corrected chi connectivity index (χ2v) is 10.4. The molecule has 2 heterocycles. The third-order valence-electron chi connectivity index (χ3n) is 6.73. The number of nitrogens with one attached hydrogen (secondary N) is 1.